The summed E-state index contributed by atoms with van der Waals surface area (Å²) in [5.41, 5.74) is 0. The number of aliphatic hydroxyl groups is 1. The van der Waals surface area contributed by atoms with Crippen molar-refractivity contribution in [2.45, 2.75) is 57.5 Å². The summed E-state index contributed by atoms with van der Waals surface area (Å²) >= 11 is 0. The average molecular weight is 197 g/mol. The van der Waals surface area contributed by atoms with E-state index in [2.05, 4.69) is 12.2 Å². The Morgan fingerprint density at radius 3 is 2.50 bits per heavy atom. The molecule has 0 radical (unpaired) electrons. The molecule has 2 aliphatic rings. The lowest BCUT2D eigenvalue weighted by atomic mass is 10.1. The van der Waals surface area contributed by atoms with E-state index in [1.165, 1.54) is 32.1 Å². The van der Waals surface area contributed by atoms with Gasteiger partial charge in [0.2, 0.25) is 0 Å². The van der Waals surface area contributed by atoms with E-state index in [1.54, 1.807) is 0 Å². The number of hydrogen-bond donors (Lipinski definition) is 2. The van der Waals surface area contributed by atoms with Crippen molar-refractivity contribution in [3.05, 3.63) is 0 Å². The molecule has 2 fully saturated rings. The minimum absolute atomic E-state index is 0.338. The molecule has 2 N–H and O–H groups in total. The zero-order chi connectivity index (χ0) is 9.97. The van der Waals surface area contributed by atoms with E-state index in [1.807, 2.05) is 0 Å². The minimum atomic E-state index is 0.338. The van der Waals surface area contributed by atoms with Crippen LogP contribution in [0.1, 0.15) is 45.4 Å². The fourth-order valence-electron chi connectivity index (χ4n) is 2.38. The van der Waals surface area contributed by atoms with Crippen LogP contribution in [-0.4, -0.2) is 23.8 Å². The van der Waals surface area contributed by atoms with Crippen LogP contribution in [0.3, 0.4) is 0 Å². The normalized spacial score (nSPS) is 26.1. The van der Waals surface area contributed by atoms with Gasteiger partial charge in [-0.2, -0.15) is 0 Å². The molecule has 0 amide bonds. The van der Waals surface area contributed by atoms with E-state index in [9.17, 15) is 0 Å². The molecule has 0 saturated heterocycles. The van der Waals surface area contributed by atoms with Crippen molar-refractivity contribution in [1.82, 2.24) is 5.32 Å². The Balaban J connectivity index is 1.68. The molecule has 0 bridgehead atoms. The topological polar surface area (TPSA) is 32.3 Å². The number of hydrogen-bond acceptors (Lipinski definition) is 2. The summed E-state index contributed by atoms with van der Waals surface area (Å²) in [6.07, 6.45) is 7.91. The predicted octanol–water partition coefficient (Wildman–Crippen LogP) is 1.93. The Morgan fingerprint density at radius 2 is 2.00 bits per heavy atom. The smallest absolute Gasteiger partial charge is 0.0445 e. The van der Waals surface area contributed by atoms with Crippen molar-refractivity contribution < 1.29 is 5.11 Å². The Kier molecular flexibility index (Phi) is 3.45. The Labute approximate surface area is 87.1 Å². The summed E-state index contributed by atoms with van der Waals surface area (Å²) in [6, 6.07) is 1.24. The maximum Gasteiger partial charge on any atom is 0.0445 e. The van der Waals surface area contributed by atoms with Crippen LogP contribution in [0.2, 0.25) is 0 Å². The second-order valence-electron chi connectivity index (χ2n) is 5.20. The third-order valence-corrected chi connectivity index (χ3v) is 3.51. The molecule has 0 aromatic heterocycles. The van der Waals surface area contributed by atoms with Gasteiger partial charge in [0, 0.05) is 18.7 Å². The standard InChI is InChI=1S/C12H23NO/c1-9(8-10-2-3-10)13-12(6-7-14)11-4-5-11/h9-14H,2-8H2,1H3. The Bertz CT molecular complexity index is 175. The predicted molar refractivity (Wildman–Crippen MR) is 58.2 cm³/mol. The molecule has 2 nitrogen and oxygen atoms in total. The van der Waals surface area contributed by atoms with Crippen LogP contribution >= 0.6 is 0 Å². The maximum absolute atomic E-state index is 8.98. The first-order valence-corrected chi connectivity index (χ1v) is 6.16. The van der Waals surface area contributed by atoms with E-state index >= 15 is 0 Å². The van der Waals surface area contributed by atoms with E-state index in [4.69, 9.17) is 5.11 Å². The summed E-state index contributed by atoms with van der Waals surface area (Å²) in [5.74, 6) is 1.87. The monoisotopic (exact) mass is 197 g/mol. The van der Waals surface area contributed by atoms with Crippen LogP contribution < -0.4 is 5.32 Å². The van der Waals surface area contributed by atoms with E-state index < -0.39 is 0 Å². The van der Waals surface area contributed by atoms with Gasteiger partial charge in [0.25, 0.3) is 0 Å². The fraction of sp³-hybridized carbons (Fsp3) is 1.00. The highest BCUT2D eigenvalue weighted by atomic mass is 16.3. The third-order valence-electron chi connectivity index (χ3n) is 3.51. The van der Waals surface area contributed by atoms with Gasteiger partial charge in [0.1, 0.15) is 0 Å². The highest BCUT2D eigenvalue weighted by Gasteiger charge is 2.32. The average Bonchev–Trinajstić information content (AvgIpc) is 2.99. The largest absolute Gasteiger partial charge is 0.396 e. The van der Waals surface area contributed by atoms with Crippen LogP contribution in [0, 0.1) is 11.8 Å². The van der Waals surface area contributed by atoms with E-state index in [-0.39, 0.29) is 0 Å². The second kappa shape index (κ2) is 4.63. The number of aliphatic hydroxyl groups excluding tert-OH is 1. The minimum Gasteiger partial charge on any atom is -0.396 e. The van der Waals surface area contributed by atoms with Crippen LogP contribution in [0.5, 0.6) is 0 Å². The van der Waals surface area contributed by atoms with E-state index in [0.717, 1.165) is 18.3 Å². The van der Waals surface area contributed by atoms with Gasteiger partial charge in [0.05, 0.1) is 0 Å². The summed E-state index contributed by atoms with van der Waals surface area (Å²) < 4.78 is 0. The van der Waals surface area contributed by atoms with Crippen LogP contribution in [0.4, 0.5) is 0 Å². The summed E-state index contributed by atoms with van der Waals surface area (Å²) in [5, 5.41) is 12.7. The van der Waals surface area contributed by atoms with Gasteiger partial charge in [-0.25, -0.2) is 0 Å². The first-order chi connectivity index (χ1) is 6.79. The lowest BCUT2D eigenvalue weighted by Crippen LogP contribution is -2.38. The summed E-state index contributed by atoms with van der Waals surface area (Å²) in [6.45, 7) is 2.63. The Morgan fingerprint density at radius 1 is 1.29 bits per heavy atom. The molecule has 2 atom stereocenters. The van der Waals surface area contributed by atoms with Crippen molar-refractivity contribution in [3.63, 3.8) is 0 Å². The maximum atomic E-state index is 8.98. The van der Waals surface area contributed by atoms with Gasteiger partial charge < -0.3 is 10.4 Å². The van der Waals surface area contributed by atoms with Gasteiger partial charge in [-0.1, -0.05) is 12.8 Å². The van der Waals surface area contributed by atoms with Crippen LogP contribution in [-0.2, 0) is 0 Å². The molecule has 2 heteroatoms. The van der Waals surface area contributed by atoms with Gasteiger partial charge in [-0.3, -0.25) is 0 Å². The van der Waals surface area contributed by atoms with Crippen molar-refractivity contribution in [1.29, 1.82) is 0 Å². The lowest BCUT2D eigenvalue weighted by molar-refractivity contribution is 0.247. The van der Waals surface area contributed by atoms with Crippen molar-refractivity contribution in [2.75, 3.05) is 6.61 Å². The fourth-order valence-corrected chi connectivity index (χ4v) is 2.38. The van der Waals surface area contributed by atoms with Crippen LogP contribution in [0.25, 0.3) is 0 Å². The molecular formula is C12H23NO. The molecule has 2 unspecified atom stereocenters. The quantitative estimate of drug-likeness (QED) is 0.653. The Hall–Kier alpha value is -0.0800. The second-order valence-corrected chi connectivity index (χ2v) is 5.20. The SMILES string of the molecule is CC(CC1CC1)NC(CCO)C1CC1. The molecular weight excluding hydrogens is 174 g/mol. The van der Waals surface area contributed by atoms with Gasteiger partial charge in [-0.15, -0.1) is 0 Å². The van der Waals surface area contributed by atoms with Gasteiger partial charge >= 0.3 is 0 Å². The number of rotatable bonds is 7. The third kappa shape index (κ3) is 3.25. The molecule has 0 spiro atoms. The molecule has 0 aliphatic heterocycles. The molecule has 0 aromatic rings. The first kappa shape index (κ1) is 10.4. The molecule has 82 valence electrons. The molecule has 2 saturated carbocycles. The highest BCUT2D eigenvalue weighted by molar-refractivity contribution is 4.88. The number of nitrogens with one attached hydrogen (secondary N) is 1. The van der Waals surface area contributed by atoms with Gasteiger partial charge in [-0.05, 0) is 44.4 Å². The molecule has 0 heterocycles. The molecule has 2 rings (SSSR count). The van der Waals surface area contributed by atoms with Crippen molar-refractivity contribution in [3.8, 4) is 0 Å². The summed E-state index contributed by atoms with van der Waals surface area (Å²) in [7, 11) is 0. The van der Waals surface area contributed by atoms with E-state index in [0.29, 0.717) is 18.7 Å². The summed E-state index contributed by atoms with van der Waals surface area (Å²) in [4.78, 5) is 0. The molecule has 14 heavy (non-hydrogen) atoms. The zero-order valence-electron chi connectivity index (χ0n) is 9.21. The van der Waals surface area contributed by atoms with Crippen LogP contribution in [0.15, 0.2) is 0 Å². The molecule has 0 aromatic carbocycles. The molecule has 2 aliphatic carbocycles. The van der Waals surface area contributed by atoms with Crippen molar-refractivity contribution >= 4 is 0 Å². The highest BCUT2D eigenvalue weighted by Crippen LogP contribution is 2.36. The zero-order valence-corrected chi connectivity index (χ0v) is 9.21. The lowest BCUT2D eigenvalue weighted by Gasteiger charge is -2.22. The van der Waals surface area contributed by atoms with Gasteiger partial charge in [0.15, 0.2) is 0 Å². The van der Waals surface area contributed by atoms with Crippen molar-refractivity contribution in [2.24, 2.45) is 11.8 Å². The first-order valence-electron chi connectivity index (χ1n) is 6.16.